The van der Waals surface area contributed by atoms with Gasteiger partial charge in [0.05, 0.1) is 0 Å². The SMILES string of the molecule is C[C@@H](CN)NS(=O)(=O)c1cn(C)c(=O)n(C)c1=O. The first-order chi connectivity index (χ1) is 8.20. The Balaban J connectivity index is 3.44. The number of aromatic nitrogens is 2. The number of rotatable bonds is 4. The molecule has 1 rings (SSSR count). The second-order valence-electron chi connectivity index (χ2n) is 4.01. The summed E-state index contributed by atoms with van der Waals surface area (Å²) in [5, 5.41) is 0. The van der Waals surface area contributed by atoms with E-state index in [1.807, 2.05) is 0 Å². The van der Waals surface area contributed by atoms with E-state index in [-0.39, 0.29) is 6.54 Å². The Morgan fingerprint density at radius 1 is 1.39 bits per heavy atom. The lowest BCUT2D eigenvalue weighted by Gasteiger charge is -2.12. The summed E-state index contributed by atoms with van der Waals surface area (Å²) in [4.78, 5) is 22.7. The van der Waals surface area contributed by atoms with E-state index >= 15 is 0 Å². The van der Waals surface area contributed by atoms with Crippen molar-refractivity contribution in [2.24, 2.45) is 19.8 Å². The van der Waals surface area contributed by atoms with Crippen LogP contribution in [0.4, 0.5) is 0 Å². The summed E-state index contributed by atoms with van der Waals surface area (Å²) in [5.41, 5.74) is 3.86. The van der Waals surface area contributed by atoms with Crippen LogP contribution in [0.5, 0.6) is 0 Å². The second kappa shape index (κ2) is 5.04. The molecule has 1 heterocycles. The van der Waals surface area contributed by atoms with Crippen molar-refractivity contribution < 1.29 is 8.42 Å². The van der Waals surface area contributed by atoms with Crippen LogP contribution in [0.2, 0.25) is 0 Å². The predicted octanol–water partition coefficient (Wildman–Crippen LogP) is -2.29. The highest BCUT2D eigenvalue weighted by Gasteiger charge is 2.22. The van der Waals surface area contributed by atoms with Crippen LogP contribution in [0, 0.1) is 0 Å². The Kier molecular flexibility index (Phi) is 4.09. The minimum atomic E-state index is -3.99. The highest BCUT2D eigenvalue weighted by molar-refractivity contribution is 7.89. The number of nitrogens with two attached hydrogens (primary N) is 1. The maximum Gasteiger partial charge on any atom is 0.330 e. The fourth-order valence-corrected chi connectivity index (χ4v) is 2.75. The fraction of sp³-hybridized carbons (Fsp3) is 0.556. The third-order valence-corrected chi connectivity index (χ3v) is 3.99. The number of sulfonamides is 1. The van der Waals surface area contributed by atoms with Gasteiger partial charge in [0.2, 0.25) is 10.0 Å². The zero-order chi connectivity index (χ0) is 14.1. The Morgan fingerprint density at radius 2 is 1.94 bits per heavy atom. The summed E-state index contributed by atoms with van der Waals surface area (Å²) in [6.45, 7) is 1.68. The van der Waals surface area contributed by atoms with E-state index in [0.29, 0.717) is 0 Å². The molecule has 0 amide bonds. The van der Waals surface area contributed by atoms with Crippen LogP contribution in [0.15, 0.2) is 20.7 Å². The lowest BCUT2D eigenvalue weighted by molar-refractivity contribution is 0.554. The van der Waals surface area contributed by atoms with Crippen LogP contribution in [-0.4, -0.2) is 30.1 Å². The first kappa shape index (κ1) is 14.6. The van der Waals surface area contributed by atoms with Gasteiger partial charge in [-0.05, 0) is 6.92 Å². The molecular formula is C9H16N4O4S. The van der Waals surface area contributed by atoms with Crippen molar-refractivity contribution in [2.75, 3.05) is 6.54 Å². The van der Waals surface area contributed by atoms with Gasteiger partial charge in [-0.2, -0.15) is 0 Å². The van der Waals surface area contributed by atoms with Crippen molar-refractivity contribution in [2.45, 2.75) is 17.9 Å². The monoisotopic (exact) mass is 276 g/mol. The summed E-state index contributed by atoms with van der Waals surface area (Å²) in [7, 11) is -1.40. The lowest BCUT2D eigenvalue weighted by Crippen LogP contribution is -2.44. The normalized spacial score (nSPS) is 13.6. The largest absolute Gasteiger partial charge is 0.330 e. The van der Waals surface area contributed by atoms with Gasteiger partial charge in [0.25, 0.3) is 5.56 Å². The second-order valence-corrected chi connectivity index (χ2v) is 5.69. The van der Waals surface area contributed by atoms with Crippen LogP contribution in [0.1, 0.15) is 6.92 Å². The van der Waals surface area contributed by atoms with Gasteiger partial charge in [-0.1, -0.05) is 0 Å². The number of hydrogen-bond acceptors (Lipinski definition) is 5. The molecule has 0 aliphatic carbocycles. The molecule has 0 bridgehead atoms. The van der Waals surface area contributed by atoms with Crippen LogP contribution in [0.3, 0.4) is 0 Å². The van der Waals surface area contributed by atoms with E-state index in [2.05, 4.69) is 4.72 Å². The van der Waals surface area contributed by atoms with Gasteiger partial charge in [0.15, 0.2) is 4.90 Å². The molecule has 18 heavy (non-hydrogen) atoms. The van der Waals surface area contributed by atoms with Gasteiger partial charge in [0.1, 0.15) is 0 Å². The Morgan fingerprint density at radius 3 is 2.44 bits per heavy atom. The molecule has 1 atom stereocenters. The quantitative estimate of drug-likeness (QED) is 0.642. The third-order valence-electron chi connectivity index (χ3n) is 2.41. The minimum absolute atomic E-state index is 0.102. The highest BCUT2D eigenvalue weighted by Crippen LogP contribution is 2.00. The molecule has 1 aromatic rings. The molecule has 0 unspecified atom stereocenters. The summed E-state index contributed by atoms with van der Waals surface area (Å²) in [5.74, 6) is 0. The number of aryl methyl sites for hydroxylation is 1. The summed E-state index contributed by atoms with van der Waals surface area (Å²) >= 11 is 0. The van der Waals surface area contributed by atoms with Crippen molar-refractivity contribution in [1.29, 1.82) is 0 Å². The Hall–Kier alpha value is -1.45. The van der Waals surface area contributed by atoms with E-state index in [1.165, 1.54) is 14.1 Å². The first-order valence-electron chi connectivity index (χ1n) is 5.19. The average molecular weight is 276 g/mol. The summed E-state index contributed by atoms with van der Waals surface area (Å²) in [6, 6.07) is -0.503. The molecule has 8 nitrogen and oxygen atoms in total. The molecule has 102 valence electrons. The van der Waals surface area contributed by atoms with Crippen molar-refractivity contribution in [3.63, 3.8) is 0 Å². The van der Waals surface area contributed by atoms with E-state index in [9.17, 15) is 18.0 Å². The van der Waals surface area contributed by atoms with Crippen LogP contribution >= 0.6 is 0 Å². The highest BCUT2D eigenvalue weighted by atomic mass is 32.2. The molecular weight excluding hydrogens is 260 g/mol. The van der Waals surface area contributed by atoms with Gasteiger partial charge in [0, 0.05) is 32.9 Å². The molecule has 0 saturated carbocycles. The standard InChI is InChI=1S/C9H16N4O4S/c1-6(4-10)11-18(16,17)7-5-12(2)9(15)13(3)8(7)14/h5-6,11H,4,10H2,1-3H3/t6-/m0/s1. The number of hydrogen-bond donors (Lipinski definition) is 2. The van der Waals surface area contributed by atoms with E-state index in [1.54, 1.807) is 6.92 Å². The zero-order valence-corrected chi connectivity index (χ0v) is 11.2. The maximum atomic E-state index is 11.9. The van der Waals surface area contributed by atoms with Crippen molar-refractivity contribution >= 4 is 10.0 Å². The van der Waals surface area contributed by atoms with Crippen LogP contribution in [0.25, 0.3) is 0 Å². The fourth-order valence-electron chi connectivity index (χ4n) is 1.34. The van der Waals surface area contributed by atoms with Gasteiger partial charge in [-0.25, -0.2) is 17.9 Å². The first-order valence-corrected chi connectivity index (χ1v) is 6.68. The Labute approximate surface area is 104 Å². The lowest BCUT2D eigenvalue weighted by atomic mass is 10.4. The van der Waals surface area contributed by atoms with Gasteiger partial charge < -0.3 is 10.3 Å². The molecule has 3 N–H and O–H groups in total. The predicted molar refractivity (Wildman–Crippen MR) is 65.8 cm³/mol. The van der Waals surface area contributed by atoms with Gasteiger partial charge in [-0.15, -0.1) is 0 Å². The maximum absolute atomic E-state index is 11.9. The average Bonchev–Trinajstić information content (AvgIpc) is 2.30. The molecule has 0 aromatic carbocycles. The molecule has 0 fully saturated rings. The number of nitrogens with zero attached hydrogens (tertiary/aromatic N) is 2. The van der Waals surface area contributed by atoms with E-state index in [4.69, 9.17) is 5.73 Å². The van der Waals surface area contributed by atoms with Gasteiger partial charge >= 0.3 is 5.69 Å². The zero-order valence-electron chi connectivity index (χ0n) is 10.4. The summed E-state index contributed by atoms with van der Waals surface area (Å²) in [6.07, 6.45) is 0.996. The van der Waals surface area contributed by atoms with Crippen molar-refractivity contribution in [3.8, 4) is 0 Å². The van der Waals surface area contributed by atoms with Crippen LogP contribution in [-0.2, 0) is 24.1 Å². The number of nitrogens with one attached hydrogen (secondary N) is 1. The van der Waals surface area contributed by atoms with Crippen LogP contribution < -0.4 is 21.7 Å². The molecule has 1 aromatic heterocycles. The third kappa shape index (κ3) is 2.68. The molecule has 0 spiro atoms. The Bertz CT molecular complexity index is 658. The molecule has 0 saturated heterocycles. The van der Waals surface area contributed by atoms with E-state index in [0.717, 1.165) is 15.3 Å². The molecule has 0 aliphatic rings. The molecule has 9 heteroatoms. The molecule has 0 radical (unpaired) electrons. The van der Waals surface area contributed by atoms with Crippen molar-refractivity contribution in [3.05, 3.63) is 27.0 Å². The minimum Gasteiger partial charge on any atom is -0.329 e. The topological polar surface area (TPSA) is 116 Å². The summed E-state index contributed by atoms with van der Waals surface area (Å²) < 4.78 is 27.9. The smallest absolute Gasteiger partial charge is 0.329 e. The molecule has 0 aliphatic heterocycles. The van der Waals surface area contributed by atoms with Crippen molar-refractivity contribution in [1.82, 2.24) is 13.9 Å². The van der Waals surface area contributed by atoms with E-state index < -0.39 is 32.2 Å². The van der Waals surface area contributed by atoms with Gasteiger partial charge in [-0.3, -0.25) is 9.36 Å².